The van der Waals surface area contributed by atoms with Crippen LogP contribution in [0.3, 0.4) is 0 Å². The van der Waals surface area contributed by atoms with E-state index in [1.165, 1.54) is 17.0 Å². The number of carbonyl (C=O) groups excluding carboxylic acids is 1. The number of hydrogen-bond donors (Lipinski definition) is 2. The van der Waals surface area contributed by atoms with Gasteiger partial charge in [-0.3, -0.25) is 4.79 Å². The first-order valence-electron chi connectivity index (χ1n) is 10.6. The summed E-state index contributed by atoms with van der Waals surface area (Å²) in [5, 5.41) is 9.97. The molecule has 0 aliphatic carbocycles. The molecule has 2 N–H and O–H groups in total. The minimum Gasteiger partial charge on any atom is -0.456 e. The van der Waals surface area contributed by atoms with E-state index in [0.717, 1.165) is 35.8 Å². The van der Waals surface area contributed by atoms with E-state index in [2.05, 4.69) is 36.9 Å². The highest BCUT2D eigenvalue weighted by atomic mass is 35.5. The average Bonchev–Trinajstić information content (AvgIpc) is 3.43. The third-order valence-electron chi connectivity index (χ3n) is 5.44. The average molecular weight is 480 g/mol. The molecule has 0 bridgehead atoms. The van der Waals surface area contributed by atoms with Crippen LogP contribution in [0.5, 0.6) is 11.5 Å². The van der Waals surface area contributed by atoms with Crippen LogP contribution in [0, 0.1) is 0 Å². The number of ether oxygens (including phenoxy) is 1. The second kappa shape index (κ2) is 9.25. The van der Waals surface area contributed by atoms with E-state index in [9.17, 15) is 4.79 Å². The van der Waals surface area contributed by atoms with E-state index >= 15 is 0 Å². The molecule has 33 heavy (non-hydrogen) atoms. The van der Waals surface area contributed by atoms with Crippen LogP contribution in [0.2, 0.25) is 5.02 Å². The van der Waals surface area contributed by atoms with E-state index in [1.54, 1.807) is 17.7 Å². The minimum absolute atomic E-state index is 0.0376. The summed E-state index contributed by atoms with van der Waals surface area (Å²) in [5.74, 6) is 2.01. The van der Waals surface area contributed by atoms with E-state index in [-0.39, 0.29) is 5.91 Å². The van der Waals surface area contributed by atoms with E-state index < -0.39 is 0 Å². The van der Waals surface area contributed by atoms with Crippen LogP contribution in [0.1, 0.15) is 12.6 Å². The molecule has 1 aliphatic rings. The zero-order valence-electron chi connectivity index (χ0n) is 18.0. The van der Waals surface area contributed by atoms with Crippen LogP contribution in [0.15, 0.2) is 54.2 Å². The number of nitrogens with one attached hydrogen (secondary N) is 2. The van der Waals surface area contributed by atoms with E-state index in [1.807, 2.05) is 36.4 Å². The third kappa shape index (κ3) is 4.72. The molecule has 9 heteroatoms. The van der Waals surface area contributed by atoms with Crippen molar-refractivity contribution in [1.82, 2.24) is 15.3 Å². The quantitative estimate of drug-likeness (QED) is 0.370. The van der Waals surface area contributed by atoms with Gasteiger partial charge < -0.3 is 20.3 Å². The van der Waals surface area contributed by atoms with Gasteiger partial charge in [-0.1, -0.05) is 11.6 Å². The fraction of sp³-hybridized carbons (Fsp3) is 0.208. The van der Waals surface area contributed by atoms with Crippen molar-refractivity contribution in [2.24, 2.45) is 0 Å². The van der Waals surface area contributed by atoms with Crippen molar-refractivity contribution in [3.8, 4) is 11.5 Å². The van der Waals surface area contributed by atoms with Crippen LogP contribution in [0.25, 0.3) is 10.1 Å². The van der Waals surface area contributed by atoms with Gasteiger partial charge in [0.05, 0.1) is 10.7 Å². The fourth-order valence-corrected chi connectivity index (χ4v) is 4.93. The number of anilines is 3. The molecule has 1 amide bonds. The molecule has 1 aliphatic heterocycles. The number of halogens is 1. The molecule has 2 aromatic carbocycles. The zero-order chi connectivity index (χ0) is 22.8. The van der Waals surface area contributed by atoms with Gasteiger partial charge in [-0.25, -0.2) is 9.97 Å². The van der Waals surface area contributed by atoms with Gasteiger partial charge in [0.2, 0.25) is 5.91 Å². The molecule has 0 spiro atoms. The second-order valence-electron chi connectivity index (χ2n) is 7.73. The lowest BCUT2D eigenvalue weighted by Crippen LogP contribution is -2.33. The smallest absolute Gasteiger partial charge is 0.216 e. The number of thiophene rings is 1. The molecule has 3 heterocycles. The molecule has 4 aromatic rings. The van der Waals surface area contributed by atoms with Crippen molar-refractivity contribution in [2.45, 2.75) is 13.3 Å². The maximum Gasteiger partial charge on any atom is 0.216 e. The van der Waals surface area contributed by atoms with Gasteiger partial charge in [-0.05, 0) is 53.2 Å². The molecule has 0 saturated carbocycles. The third-order valence-corrected chi connectivity index (χ3v) is 6.61. The molecule has 168 valence electrons. The van der Waals surface area contributed by atoms with Crippen LogP contribution in [-0.4, -0.2) is 35.5 Å². The first-order chi connectivity index (χ1) is 16.1. The number of benzene rings is 2. The van der Waals surface area contributed by atoms with E-state index in [4.69, 9.17) is 16.3 Å². The van der Waals surface area contributed by atoms with Gasteiger partial charge in [0.15, 0.2) is 5.82 Å². The predicted molar refractivity (Wildman–Crippen MR) is 133 cm³/mol. The van der Waals surface area contributed by atoms with E-state index in [0.29, 0.717) is 29.7 Å². The number of hydrogen-bond acceptors (Lipinski definition) is 7. The number of nitrogens with zero attached hydrogens (tertiary/aromatic N) is 3. The Labute approximate surface area is 200 Å². The lowest BCUT2D eigenvalue weighted by molar-refractivity contribution is -0.118. The van der Waals surface area contributed by atoms with Gasteiger partial charge in [0.1, 0.15) is 23.5 Å². The monoisotopic (exact) mass is 479 g/mol. The Morgan fingerprint density at radius 3 is 2.97 bits per heavy atom. The van der Waals surface area contributed by atoms with Gasteiger partial charge in [0.25, 0.3) is 0 Å². The molecule has 0 fully saturated rings. The standard InChI is InChI=1S/C24H22ClN5O2S/c1-15(31)26-8-10-30-9-6-20-23(30)24(28-14-27-20)29-17-3-5-21(19(25)12-17)32-18-4-2-16-7-11-33-22(16)13-18/h2-5,7,11-14H,6,8-10H2,1H3,(H,26,31)(H,27,28,29). The molecule has 7 nitrogen and oxygen atoms in total. The van der Waals surface area contributed by atoms with Gasteiger partial charge in [-0.15, -0.1) is 11.3 Å². The number of rotatable bonds is 7. The predicted octanol–water partition coefficient (Wildman–Crippen LogP) is 5.38. The Kier molecular flexibility index (Phi) is 6.02. The maximum atomic E-state index is 11.2. The van der Waals surface area contributed by atoms with Crippen molar-refractivity contribution in [3.63, 3.8) is 0 Å². The summed E-state index contributed by atoms with van der Waals surface area (Å²) >= 11 is 8.22. The summed E-state index contributed by atoms with van der Waals surface area (Å²) < 4.78 is 7.19. The number of amides is 1. The van der Waals surface area contributed by atoms with Gasteiger partial charge >= 0.3 is 0 Å². The molecular weight excluding hydrogens is 458 g/mol. The number of aromatic nitrogens is 2. The molecule has 0 unspecified atom stereocenters. The van der Waals surface area contributed by atoms with Crippen LogP contribution >= 0.6 is 22.9 Å². The van der Waals surface area contributed by atoms with Crippen molar-refractivity contribution >= 4 is 56.1 Å². The Morgan fingerprint density at radius 2 is 2.12 bits per heavy atom. The summed E-state index contributed by atoms with van der Waals surface area (Å²) in [6.07, 6.45) is 2.41. The van der Waals surface area contributed by atoms with Crippen molar-refractivity contribution in [1.29, 1.82) is 0 Å². The number of carbonyl (C=O) groups is 1. The summed E-state index contributed by atoms with van der Waals surface area (Å²) in [6, 6.07) is 13.7. The van der Waals surface area contributed by atoms with Gasteiger partial charge in [0, 0.05) is 43.4 Å². The van der Waals surface area contributed by atoms with Crippen LogP contribution < -0.4 is 20.3 Å². The largest absolute Gasteiger partial charge is 0.456 e. The second-order valence-corrected chi connectivity index (χ2v) is 9.08. The zero-order valence-corrected chi connectivity index (χ0v) is 19.5. The van der Waals surface area contributed by atoms with Crippen molar-refractivity contribution in [2.75, 3.05) is 29.9 Å². The molecule has 0 atom stereocenters. The highest BCUT2D eigenvalue weighted by Gasteiger charge is 2.24. The Balaban J connectivity index is 1.32. The molecule has 0 radical (unpaired) electrons. The molecule has 5 rings (SSSR count). The summed E-state index contributed by atoms with van der Waals surface area (Å²) in [6.45, 7) is 3.62. The highest BCUT2D eigenvalue weighted by molar-refractivity contribution is 7.17. The van der Waals surface area contributed by atoms with Crippen molar-refractivity contribution in [3.05, 3.63) is 64.9 Å². The highest BCUT2D eigenvalue weighted by Crippen LogP contribution is 2.37. The topological polar surface area (TPSA) is 79.4 Å². The first-order valence-corrected chi connectivity index (χ1v) is 11.9. The SMILES string of the molecule is CC(=O)NCCN1CCc2ncnc(Nc3ccc(Oc4ccc5ccsc5c4)c(Cl)c3)c21. The van der Waals surface area contributed by atoms with Gasteiger partial charge in [-0.2, -0.15) is 0 Å². The van der Waals surface area contributed by atoms with Crippen LogP contribution in [0.4, 0.5) is 17.2 Å². The maximum absolute atomic E-state index is 11.2. The molecule has 2 aromatic heterocycles. The van der Waals surface area contributed by atoms with Crippen LogP contribution in [-0.2, 0) is 11.2 Å². The Hall–Kier alpha value is -3.36. The summed E-state index contributed by atoms with van der Waals surface area (Å²) in [7, 11) is 0. The molecule has 0 saturated heterocycles. The Morgan fingerprint density at radius 1 is 1.21 bits per heavy atom. The Bertz CT molecular complexity index is 1330. The normalized spacial score (nSPS) is 12.6. The molecular formula is C24H22ClN5O2S. The lowest BCUT2D eigenvalue weighted by Gasteiger charge is -2.21. The number of fused-ring (bicyclic) bond motifs is 2. The van der Waals surface area contributed by atoms with Crippen molar-refractivity contribution < 1.29 is 9.53 Å². The summed E-state index contributed by atoms with van der Waals surface area (Å²) in [5.41, 5.74) is 2.75. The first kappa shape index (κ1) is 21.5. The summed E-state index contributed by atoms with van der Waals surface area (Å²) in [4.78, 5) is 22.3. The fourth-order valence-electron chi connectivity index (χ4n) is 3.89. The minimum atomic E-state index is -0.0376. The lowest BCUT2D eigenvalue weighted by atomic mass is 10.2.